The Morgan fingerprint density at radius 3 is 3.14 bits per heavy atom. The summed E-state index contributed by atoms with van der Waals surface area (Å²) in [5.74, 6) is 0. The lowest BCUT2D eigenvalue weighted by atomic mass is 10.1. The first-order chi connectivity index (χ1) is 6.77. The van der Waals surface area contributed by atoms with Crippen molar-refractivity contribution in [2.75, 3.05) is 19.8 Å². The van der Waals surface area contributed by atoms with Gasteiger partial charge in [0.2, 0.25) is 0 Å². The Morgan fingerprint density at radius 2 is 2.50 bits per heavy atom. The molecule has 0 saturated carbocycles. The summed E-state index contributed by atoms with van der Waals surface area (Å²) in [5, 5.41) is 3.38. The van der Waals surface area contributed by atoms with E-state index in [1.165, 1.54) is 0 Å². The van der Waals surface area contributed by atoms with E-state index in [1.807, 2.05) is 13.1 Å². The van der Waals surface area contributed by atoms with Crippen LogP contribution in [0, 0.1) is 6.92 Å². The van der Waals surface area contributed by atoms with Gasteiger partial charge in [-0.1, -0.05) is 0 Å². The summed E-state index contributed by atoms with van der Waals surface area (Å²) in [6.07, 6.45) is 1.89. The maximum atomic E-state index is 5.40. The Morgan fingerprint density at radius 1 is 1.64 bits per heavy atom. The minimum atomic E-state index is 0.221. The molecule has 1 fully saturated rings. The van der Waals surface area contributed by atoms with Gasteiger partial charge in [-0.3, -0.25) is 4.98 Å². The van der Waals surface area contributed by atoms with Crippen LogP contribution in [0.5, 0.6) is 0 Å². The SMILES string of the molecule is Cc1cnc(C2COCCN2)c(Br)c1. The van der Waals surface area contributed by atoms with Gasteiger partial charge in [-0.05, 0) is 34.5 Å². The van der Waals surface area contributed by atoms with Crippen molar-refractivity contribution in [2.24, 2.45) is 0 Å². The zero-order valence-corrected chi connectivity index (χ0v) is 9.67. The molecule has 0 aliphatic carbocycles. The third-order valence-corrected chi connectivity index (χ3v) is 2.89. The number of aromatic nitrogens is 1. The summed E-state index contributed by atoms with van der Waals surface area (Å²) < 4.78 is 6.45. The van der Waals surface area contributed by atoms with Gasteiger partial charge < -0.3 is 10.1 Å². The minimum Gasteiger partial charge on any atom is -0.378 e. The molecular weight excluding hydrogens is 244 g/mol. The predicted molar refractivity (Wildman–Crippen MR) is 58.2 cm³/mol. The monoisotopic (exact) mass is 256 g/mol. The molecular formula is C10H13BrN2O. The molecule has 1 aliphatic heterocycles. The molecule has 0 bridgehead atoms. The van der Waals surface area contributed by atoms with Crippen molar-refractivity contribution < 1.29 is 4.74 Å². The number of hydrogen-bond acceptors (Lipinski definition) is 3. The lowest BCUT2D eigenvalue weighted by Crippen LogP contribution is -2.35. The smallest absolute Gasteiger partial charge is 0.0745 e. The van der Waals surface area contributed by atoms with Crippen LogP contribution in [0.15, 0.2) is 16.7 Å². The highest BCUT2D eigenvalue weighted by Crippen LogP contribution is 2.23. The molecule has 0 aromatic carbocycles. The fraction of sp³-hybridized carbons (Fsp3) is 0.500. The number of morpholine rings is 1. The molecule has 2 heterocycles. The Hall–Kier alpha value is -0.450. The normalized spacial score (nSPS) is 22.3. The summed E-state index contributed by atoms with van der Waals surface area (Å²) in [5.41, 5.74) is 2.20. The summed E-state index contributed by atoms with van der Waals surface area (Å²) >= 11 is 3.52. The molecule has 1 N–H and O–H groups in total. The first kappa shape index (κ1) is 10.1. The van der Waals surface area contributed by atoms with Gasteiger partial charge >= 0.3 is 0 Å². The van der Waals surface area contributed by atoms with Gasteiger partial charge in [0.05, 0.1) is 24.9 Å². The van der Waals surface area contributed by atoms with Gasteiger partial charge in [0.15, 0.2) is 0 Å². The molecule has 2 rings (SSSR count). The van der Waals surface area contributed by atoms with Crippen LogP contribution in [0.25, 0.3) is 0 Å². The van der Waals surface area contributed by atoms with Crippen molar-refractivity contribution >= 4 is 15.9 Å². The molecule has 1 aliphatic rings. The van der Waals surface area contributed by atoms with Crippen molar-refractivity contribution in [3.05, 3.63) is 28.0 Å². The molecule has 0 amide bonds. The van der Waals surface area contributed by atoms with Crippen LogP contribution in [0.4, 0.5) is 0 Å². The minimum absolute atomic E-state index is 0.221. The van der Waals surface area contributed by atoms with Gasteiger partial charge in [0.25, 0.3) is 0 Å². The van der Waals surface area contributed by atoms with Crippen molar-refractivity contribution in [1.82, 2.24) is 10.3 Å². The lowest BCUT2D eigenvalue weighted by molar-refractivity contribution is 0.0754. The third-order valence-electron chi connectivity index (χ3n) is 2.26. The van der Waals surface area contributed by atoms with Crippen molar-refractivity contribution in [2.45, 2.75) is 13.0 Å². The highest BCUT2D eigenvalue weighted by molar-refractivity contribution is 9.10. The van der Waals surface area contributed by atoms with Gasteiger partial charge in [0.1, 0.15) is 0 Å². The Kier molecular flexibility index (Phi) is 3.15. The van der Waals surface area contributed by atoms with E-state index in [0.29, 0.717) is 6.61 Å². The molecule has 4 heteroatoms. The van der Waals surface area contributed by atoms with Crippen molar-refractivity contribution in [3.63, 3.8) is 0 Å². The zero-order valence-electron chi connectivity index (χ0n) is 8.09. The fourth-order valence-electron chi connectivity index (χ4n) is 1.54. The number of hydrogen-bond donors (Lipinski definition) is 1. The number of aryl methyl sites for hydroxylation is 1. The number of nitrogens with one attached hydrogen (secondary N) is 1. The second-order valence-electron chi connectivity index (χ2n) is 3.46. The standard InChI is InChI=1S/C10H13BrN2O/c1-7-4-8(11)10(13-5-7)9-6-14-3-2-12-9/h4-5,9,12H,2-3,6H2,1H3. The van der Waals surface area contributed by atoms with Gasteiger partial charge in [-0.25, -0.2) is 0 Å². The van der Waals surface area contributed by atoms with E-state index in [2.05, 4.69) is 32.3 Å². The van der Waals surface area contributed by atoms with Gasteiger partial charge in [0, 0.05) is 17.2 Å². The van der Waals surface area contributed by atoms with Crippen LogP contribution >= 0.6 is 15.9 Å². The molecule has 0 radical (unpaired) electrons. The summed E-state index contributed by atoms with van der Waals surface area (Å²) in [7, 11) is 0. The fourth-order valence-corrected chi connectivity index (χ4v) is 2.28. The Labute approximate surface area is 92.0 Å². The van der Waals surface area contributed by atoms with E-state index in [9.17, 15) is 0 Å². The van der Waals surface area contributed by atoms with Crippen molar-refractivity contribution in [1.29, 1.82) is 0 Å². The second-order valence-corrected chi connectivity index (χ2v) is 4.32. The topological polar surface area (TPSA) is 34.1 Å². The Bertz CT molecular complexity index is 324. The van der Waals surface area contributed by atoms with Crippen LogP contribution in [0.3, 0.4) is 0 Å². The van der Waals surface area contributed by atoms with E-state index >= 15 is 0 Å². The first-order valence-corrected chi connectivity index (χ1v) is 5.50. The molecule has 1 saturated heterocycles. The molecule has 1 atom stereocenters. The first-order valence-electron chi connectivity index (χ1n) is 4.70. The molecule has 1 unspecified atom stereocenters. The average Bonchev–Trinajstić information content (AvgIpc) is 2.19. The van der Waals surface area contributed by atoms with E-state index in [-0.39, 0.29) is 6.04 Å². The quantitative estimate of drug-likeness (QED) is 0.833. The number of ether oxygens (including phenoxy) is 1. The second kappa shape index (κ2) is 4.38. The lowest BCUT2D eigenvalue weighted by Gasteiger charge is -2.24. The van der Waals surface area contributed by atoms with E-state index in [4.69, 9.17) is 4.74 Å². The number of pyridine rings is 1. The summed E-state index contributed by atoms with van der Waals surface area (Å²) in [4.78, 5) is 4.41. The summed E-state index contributed by atoms with van der Waals surface area (Å²) in [6.45, 7) is 4.42. The van der Waals surface area contributed by atoms with Crippen LogP contribution in [-0.4, -0.2) is 24.7 Å². The van der Waals surface area contributed by atoms with Crippen LogP contribution in [-0.2, 0) is 4.74 Å². The molecule has 3 nitrogen and oxygen atoms in total. The molecule has 14 heavy (non-hydrogen) atoms. The number of nitrogens with zero attached hydrogens (tertiary/aromatic N) is 1. The van der Waals surface area contributed by atoms with E-state index < -0.39 is 0 Å². The van der Waals surface area contributed by atoms with Crippen LogP contribution in [0.1, 0.15) is 17.3 Å². The largest absolute Gasteiger partial charge is 0.378 e. The van der Waals surface area contributed by atoms with Crippen LogP contribution in [0.2, 0.25) is 0 Å². The van der Waals surface area contributed by atoms with Crippen LogP contribution < -0.4 is 5.32 Å². The molecule has 0 spiro atoms. The maximum Gasteiger partial charge on any atom is 0.0745 e. The molecule has 1 aromatic heterocycles. The number of rotatable bonds is 1. The maximum absolute atomic E-state index is 5.40. The predicted octanol–water partition coefficient (Wildman–Crippen LogP) is 1.81. The highest BCUT2D eigenvalue weighted by atomic mass is 79.9. The molecule has 1 aromatic rings. The van der Waals surface area contributed by atoms with E-state index in [0.717, 1.165) is 28.9 Å². The van der Waals surface area contributed by atoms with Crippen molar-refractivity contribution in [3.8, 4) is 0 Å². The van der Waals surface area contributed by atoms with E-state index in [1.54, 1.807) is 0 Å². The Balaban J connectivity index is 2.22. The van der Waals surface area contributed by atoms with Gasteiger partial charge in [-0.15, -0.1) is 0 Å². The molecule has 76 valence electrons. The summed E-state index contributed by atoms with van der Waals surface area (Å²) in [6, 6.07) is 2.30. The van der Waals surface area contributed by atoms with Gasteiger partial charge in [-0.2, -0.15) is 0 Å². The zero-order chi connectivity index (χ0) is 9.97. The third kappa shape index (κ3) is 2.13. The highest BCUT2D eigenvalue weighted by Gasteiger charge is 2.18. The number of halogens is 1. The average molecular weight is 257 g/mol.